The second-order valence-electron chi connectivity index (χ2n) is 19.8. The Morgan fingerprint density at radius 1 is 0.746 bits per heavy atom. The third-order valence-corrected chi connectivity index (χ3v) is 15.2. The van der Waals surface area contributed by atoms with E-state index in [9.17, 15) is 38.8 Å². The molecule has 6 fully saturated rings. The zero-order valence-corrected chi connectivity index (χ0v) is 38.0. The van der Waals surface area contributed by atoms with Crippen LogP contribution in [-0.4, -0.2) is 112 Å². The Kier molecular flexibility index (Phi) is 12.3. The topological polar surface area (TPSA) is 250 Å². The molecule has 2 aliphatic heterocycles. The monoisotopic (exact) mass is 914 g/mol. The molecule has 4 saturated carbocycles. The van der Waals surface area contributed by atoms with Crippen molar-refractivity contribution in [2.75, 3.05) is 27.3 Å². The molecular formula is C50H58N8O9. The number of nitrogens with one attached hydrogen (secondary N) is 4. The van der Waals surface area contributed by atoms with Gasteiger partial charge in [-0.2, -0.15) is 5.26 Å². The minimum atomic E-state index is -0.926. The minimum absolute atomic E-state index is 0.00489. The molecular weight excluding hydrogens is 857 g/mol. The van der Waals surface area contributed by atoms with Crippen LogP contribution in [-0.2, 0) is 24.0 Å². The number of likely N-dealkylation sites (tertiary alicyclic amines) is 2. The van der Waals surface area contributed by atoms with E-state index in [1.54, 1.807) is 36.2 Å². The third-order valence-electron chi connectivity index (χ3n) is 15.2. The first kappa shape index (κ1) is 45.5. The Morgan fingerprint density at radius 3 is 1.61 bits per heavy atom. The molecule has 10 rings (SSSR count). The maximum absolute atomic E-state index is 13.5. The summed E-state index contributed by atoms with van der Waals surface area (Å²) in [7, 11) is 3.17. The quantitative estimate of drug-likeness (QED) is 0.122. The molecule has 4 heterocycles. The standard InChI is InChI=1S/C25H30N4O5.C25H28N4O4/c1-34-21-7-3-5-16-15(21)11-18(27-16)24(33)29-13-25(8-9-25)12-19(29)23(32)28-17(22(26)31)10-14-4-2-6-20(14)30;1-33-22-7-3-5-18-17(22)11-19(28-18)24(32)29-14-25(8-9-25)12-20(29)23(31)27-16(13-26)10-15-4-2-6-21(15)30/h3,5,7,11,14,17,19,27H,2,4,6,8-10,12-13H2,1H3,(H2,26,31)(H,28,32);3,5,7,11,15-16,20,28H,2,4,6,8-10,12,14H2,1H3,(H,27,31)/t14-,17-,19-;15-,16-,20-/m00/s1. The van der Waals surface area contributed by atoms with Gasteiger partial charge in [0.05, 0.1) is 20.3 Å². The van der Waals surface area contributed by atoms with Crippen molar-refractivity contribution in [3.8, 4) is 17.6 Å². The smallest absolute Gasteiger partial charge is 0.271 e. The van der Waals surface area contributed by atoms with Crippen LogP contribution >= 0.6 is 0 Å². The number of H-pyrrole nitrogens is 2. The first-order valence-corrected chi connectivity index (χ1v) is 23.5. The van der Waals surface area contributed by atoms with Crippen LogP contribution in [0.15, 0.2) is 48.5 Å². The van der Waals surface area contributed by atoms with E-state index in [-0.39, 0.29) is 64.3 Å². The number of hydrogen-bond acceptors (Lipinski definition) is 10. The molecule has 0 radical (unpaired) electrons. The summed E-state index contributed by atoms with van der Waals surface area (Å²) < 4.78 is 10.8. The number of Topliss-reactive ketones (excluding diaryl/α,β-unsaturated/α-hetero) is 2. The van der Waals surface area contributed by atoms with Crippen LogP contribution in [0.25, 0.3) is 21.8 Å². The highest BCUT2D eigenvalue weighted by Gasteiger charge is 2.57. The van der Waals surface area contributed by atoms with Crippen molar-refractivity contribution >= 4 is 62.9 Å². The molecule has 6 atom stereocenters. The van der Waals surface area contributed by atoms with E-state index in [4.69, 9.17) is 15.2 Å². The minimum Gasteiger partial charge on any atom is -0.496 e. The van der Waals surface area contributed by atoms with Crippen LogP contribution in [0.5, 0.6) is 11.5 Å². The maximum atomic E-state index is 13.5. The van der Waals surface area contributed by atoms with Crippen LogP contribution in [0.3, 0.4) is 0 Å². The van der Waals surface area contributed by atoms with Gasteiger partial charge in [0.15, 0.2) is 0 Å². The van der Waals surface area contributed by atoms with Crippen molar-refractivity contribution in [3.05, 3.63) is 59.9 Å². The lowest BCUT2D eigenvalue weighted by Crippen LogP contribution is -2.53. The third kappa shape index (κ3) is 9.22. The number of aromatic nitrogens is 2. The summed E-state index contributed by atoms with van der Waals surface area (Å²) in [6, 6.07) is 13.8. The van der Waals surface area contributed by atoms with Crippen LogP contribution in [0, 0.1) is 34.0 Å². The van der Waals surface area contributed by atoms with E-state index in [2.05, 4.69) is 26.7 Å². The number of ketones is 2. The Morgan fingerprint density at radius 2 is 1.21 bits per heavy atom. The maximum Gasteiger partial charge on any atom is 0.271 e. The first-order chi connectivity index (χ1) is 32.2. The second kappa shape index (κ2) is 18.2. The molecule has 5 amide bonds. The van der Waals surface area contributed by atoms with Gasteiger partial charge in [-0.3, -0.25) is 33.6 Å². The number of rotatable bonds is 13. The van der Waals surface area contributed by atoms with Crippen LogP contribution < -0.4 is 25.8 Å². The highest BCUT2D eigenvalue weighted by atomic mass is 16.5. The Bertz CT molecular complexity index is 2690. The summed E-state index contributed by atoms with van der Waals surface area (Å²) >= 11 is 0. The predicted octanol–water partition coefficient (Wildman–Crippen LogP) is 4.84. The zero-order valence-electron chi connectivity index (χ0n) is 38.0. The lowest BCUT2D eigenvalue weighted by atomic mass is 9.96. The molecule has 2 aromatic heterocycles. The van der Waals surface area contributed by atoms with Gasteiger partial charge in [0.2, 0.25) is 17.7 Å². The number of aromatic amines is 2. The van der Waals surface area contributed by atoms with E-state index >= 15 is 0 Å². The normalized spacial score (nSPS) is 24.0. The molecule has 6 N–H and O–H groups in total. The van der Waals surface area contributed by atoms with Gasteiger partial charge in [-0.15, -0.1) is 0 Å². The fourth-order valence-corrected chi connectivity index (χ4v) is 11.0. The predicted molar refractivity (Wildman–Crippen MR) is 245 cm³/mol. The highest BCUT2D eigenvalue weighted by molar-refractivity contribution is 6.03. The largest absolute Gasteiger partial charge is 0.496 e. The lowest BCUT2D eigenvalue weighted by molar-refractivity contribution is -0.130. The van der Waals surface area contributed by atoms with Gasteiger partial charge in [-0.05, 0) is 124 Å². The summed E-state index contributed by atoms with van der Waals surface area (Å²) in [5.41, 5.74) is 7.91. The lowest BCUT2D eigenvalue weighted by Gasteiger charge is -2.26. The van der Waals surface area contributed by atoms with E-state index in [0.29, 0.717) is 74.5 Å². The van der Waals surface area contributed by atoms with Crippen molar-refractivity contribution in [1.29, 1.82) is 5.26 Å². The van der Waals surface area contributed by atoms with Crippen molar-refractivity contribution < 1.29 is 43.0 Å². The molecule has 2 aromatic carbocycles. The van der Waals surface area contributed by atoms with Gasteiger partial charge < -0.3 is 45.6 Å². The van der Waals surface area contributed by atoms with Gasteiger partial charge in [-0.25, -0.2) is 0 Å². The fourth-order valence-electron chi connectivity index (χ4n) is 11.0. The number of primary amides is 1. The summed E-state index contributed by atoms with van der Waals surface area (Å²) in [4.78, 5) is 99.3. The Balaban J connectivity index is 0.000000168. The number of carbonyl (C=O) groups is 7. The van der Waals surface area contributed by atoms with Gasteiger partial charge in [0.25, 0.3) is 11.8 Å². The summed E-state index contributed by atoms with van der Waals surface area (Å²) in [6.07, 6.45) is 9.84. The molecule has 6 aliphatic rings. The first-order valence-electron chi connectivity index (χ1n) is 23.5. The Labute approximate surface area is 387 Å². The highest BCUT2D eigenvalue weighted by Crippen LogP contribution is 2.56. The molecule has 2 saturated heterocycles. The molecule has 17 nitrogen and oxygen atoms in total. The van der Waals surface area contributed by atoms with Gasteiger partial charge in [0, 0.05) is 59.6 Å². The number of carbonyl (C=O) groups excluding carboxylic acids is 7. The second-order valence-corrected chi connectivity index (χ2v) is 19.8. The molecule has 4 aromatic rings. The number of ether oxygens (including phenoxy) is 2. The molecule has 17 heteroatoms. The van der Waals surface area contributed by atoms with Gasteiger partial charge in [0.1, 0.15) is 58.6 Å². The number of hydrogen-bond donors (Lipinski definition) is 5. The SMILES string of the molecule is COc1cccc2[nH]c(C(=O)N3CC4(CC4)C[C@H]3C(=O)N[C@@H](C[C@@H]3CCCC3=O)C(N)=O)cc12.COc1cccc2[nH]c(C(=O)N3CC4(CC4)C[C@H]3C(=O)N[C@H](C#N)C[C@@H]3CCCC3=O)cc12. The number of amides is 5. The summed E-state index contributed by atoms with van der Waals surface area (Å²) in [5.74, 6) is -0.630. The zero-order chi connectivity index (χ0) is 47.2. The van der Waals surface area contributed by atoms with Crippen molar-refractivity contribution in [2.45, 2.75) is 114 Å². The van der Waals surface area contributed by atoms with Crippen LogP contribution in [0.2, 0.25) is 0 Å². The number of nitriles is 1. The van der Waals surface area contributed by atoms with Crippen LogP contribution in [0.1, 0.15) is 111 Å². The van der Waals surface area contributed by atoms with Crippen molar-refractivity contribution in [2.24, 2.45) is 28.4 Å². The van der Waals surface area contributed by atoms with E-state index < -0.39 is 30.1 Å². The van der Waals surface area contributed by atoms with Gasteiger partial charge in [-0.1, -0.05) is 12.1 Å². The number of nitrogens with two attached hydrogens (primary N) is 1. The van der Waals surface area contributed by atoms with E-state index in [0.717, 1.165) is 66.8 Å². The van der Waals surface area contributed by atoms with Crippen molar-refractivity contribution in [1.82, 2.24) is 30.4 Å². The van der Waals surface area contributed by atoms with Crippen LogP contribution in [0.4, 0.5) is 0 Å². The summed E-state index contributed by atoms with van der Waals surface area (Å²) in [5, 5.41) is 16.8. The fraction of sp³-hybridized carbons (Fsp3) is 0.520. The molecule has 4 aliphatic carbocycles. The molecule has 352 valence electrons. The number of nitrogens with zero attached hydrogens (tertiary/aromatic N) is 3. The van der Waals surface area contributed by atoms with E-state index in [1.807, 2.05) is 36.4 Å². The molecule has 2 spiro atoms. The Hall–Kier alpha value is -6.70. The molecule has 67 heavy (non-hydrogen) atoms. The van der Waals surface area contributed by atoms with Crippen molar-refractivity contribution in [3.63, 3.8) is 0 Å². The van der Waals surface area contributed by atoms with Gasteiger partial charge >= 0.3 is 0 Å². The number of methoxy groups -OCH3 is 2. The summed E-state index contributed by atoms with van der Waals surface area (Å²) in [6.45, 7) is 1.04. The molecule has 0 unspecified atom stereocenters. The average Bonchev–Trinajstić information content (AvgIpc) is 3.72. The number of benzene rings is 2. The number of fused-ring (bicyclic) bond motifs is 2. The average molecular weight is 915 g/mol. The molecule has 0 bridgehead atoms. The van der Waals surface area contributed by atoms with E-state index in [1.165, 1.54) is 0 Å².